The van der Waals surface area contributed by atoms with Gasteiger partial charge in [-0.15, -0.1) is 0 Å². The van der Waals surface area contributed by atoms with Crippen molar-refractivity contribution in [1.82, 2.24) is 10.3 Å². The van der Waals surface area contributed by atoms with Crippen molar-refractivity contribution in [2.24, 2.45) is 0 Å². The Morgan fingerprint density at radius 2 is 2.25 bits per heavy atom. The van der Waals surface area contributed by atoms with Crippen LogP contribution in [-0.4, -0.2) is 43.2 Å². The standard InChI is InChI=1S/C14H25N3OS2/c1-5-19-11-8-6-7-10(11)15-9-12-13(18-4)16-14(20-12)17(2)3/h10-11,15H,5-9H2,1-4H3. The third-order valence-electron chi connectivity index (χ3n) is 3.58. The molecule has 1 aromatic heterocycles. The molecule has 0 amide bonds. The van der Waals surface area contributed by atoms with Crippen molar-refractivity contribution in [2.75, 3.05) is 31.9 Å². The van der Waals surface area contributed by atoms with Gasteiger partial charge in [-0.05, 0) is 18.6 Å². The molecule has 6 heteroatoms. The Kier molecular flexibility index (Phi) is 5.99. The van der Waals surface area contributed by atoms with Crippen LogP contribution in [0.25, 0.3) is 0 Å². The summed E-state index contributed by atoms with van der Waals surface area (Å²) in [6, 6.07) is 0.634. The van der Waals surface area contributed by atoms with Gasteiger partial charge in [-0.3, -0.25) is 0 Å². The number of aromatic nitrogens is 1. The molecule has 4 nitrogen and oxygen atoms in total. The van der Waals surface area contributed by atoms with E-state index >= 15 is 0 Å². The predicted molar refractivity (Wildman–Crippen MR) is 89.4 cm³/mol. The van der Waals surface area contributed by atoms with E-state index < -0.39 is 0 Å². The summed E-state index contributed by atoms with van der Waals surface area (Å²) in [6.45, 7) is 3.11. The van der Waals surface area contributed by atoms with Crippen molar-refractivity contribution in [3.05, 3.63) is 4.88 Å². The second-order valence-electron chi connectivity index (χ2n) is 5.24. The normalized spacial score (nSPS) is 22.2. The van der Waals surface area contributed by atoms with Crippen LogP contribution < -0.4 is 15.0 Å². The summed E-state index contributed by atoms with van der Waals surface area (Å²) in [5.41, 5.74) is 0. The molecule has 1 aliphatic rings. The molecule has 2 atom stereocenters. The van der Waals surface area contributed by atoms with Gasteiger partial charge in [-0.2, -0.15) is 16.7 Å². The third-order valence-corrected chi connectivity index (χ3v) is 6.11. The molecule has 1 aromatic rings. The van der Waals surface area contributed by atoms with E-state index in [0.29, 0.717) is 6.04 Å². The molecule has 0 bridgehead atoms. The Labute approximate surface area is 130 Å². The van der Waals surface area contributed by atoms with Crippen LogP contribution in [0.1, 0.15) is 31.1 Å². The number of hydrogen-bond acceptors (Lipinski definition) is 6. The maximum atomic E-state index is 5.39. The van der Waals surface area contributed by atoms with E-state index in [2.05, 4.69) is 29.0 Å². The van der Waals surface area contributed by atoms with E-state index in [0.717, 1.165) is 22.8 Å². The molecule has 0 saturated heterocycles. The summed E-state index contributed by atoms with van der Waals surface area (Å²) >= 11 is 3.80. The van der Waals surface area contributed by atoms with Crippen LogP contribution >= 0.6 is 23.1 Å². The molecule has 0 radical (unpaired) electrons. The number of ether oxygens (including phenoxy) is 1. The van der Waals surface area contributed by atoms with Gasteiger partial charge in [0.15, 0.2) is 5.13 Å². The van der Waals surface area contributed by atoms with Crippen LogP contribution in [0, 0.1) is 0 Å². The highest BCUT2D eigenvalue weighted by Gasteiger charge is 2.27. The molecule has 0 aliphatic heterocycles. The van der Waals surface area contributed by atoms with E-state index in [9.17, 15) is 0 Å². The van der Waals surface area contributed by atoms with Crippen molar-refractivity contribution in [2.45, 2.75) is 44.0 Å². The molecule has 1 aliphatic carbocycles. The van der Waals surface area contributed by atoms with E-state index in [1.807, 2.05) is 19.0 Å². The van der Waals surface area contributed by atoms with Crippen LogP contribution in [0.5, 0.6) is 5.88 Å². The van der Waals surface area contributed by atoms with Gasteiger partial charge >= 0.3 is 0 Å². The molecular weight excluding hydrogens is 290 g/mol. The molecule has 1 N–H and O–H groups in total. The van der Waals surface area contributed by atoms with Gasteiger partial charge in [0.1, 0.15) is 0 Å². The van der Waals surface area contributed by atoms with E-state index in [1.54, 1.807) is 18.4 Å². The molecule has 20 heavy (non-hydrogen) atoms. The van der Waals surface area contributed by atoms with Gasteiger partial charge in [0.2, 0.25) is 5.88 Å². The van der Waals surface area contributed by atoms with Gasteiger partial charge < -0.3 is 15.0 Å². The monoisotopic (exact) mass is 315 g/mol. The highest BCUT2D eigenvalue weighted by atomic mass is 32.2. The summed E-state index contributed by atoms with van der Waals surface area (Å²) in [5.74, 6) is 1.97. The predicted octanol–water partition coefficient (Wildman–Crippen LogP) is 2.98. The van der Waals surface area contributed by atoms with Crippen molar-refractivity contribution in [1.29, 1.82) is 0 Å². The summed E-state index contributed by atoms with van der Waals surface area (Å²) in [5, 5.41) is 5.49. The zero-order valence-electron chi connectivity index (χ0n) is 12.8. The minimum Gasteiger partial charge on any atom is -0.480 e. The van der Waals surface area contributed by atoms with Gasteiger partial charge in [-0.25, -0.2) is 0 Å². The lowest BCUT2D eigenvalue weighted by Gasteiger charge is -2.19. The number of methoxy groups -OCH3 is 1. The summed E-state index contributed by atoms with van der Waals surface area (Å²) < 4.78 is 5.39. The fraction of sp³-hybridized carbons (Fsp3) is 0.786. The lowest BCUT2D eigenvalue weighted by atomic mass is 10.2. The van der Waals surface area contributed by atoms with Crippen LogP contribution in [0.15, 0.2) is 0 Å². The molecule has 0 spiro atoms. The zero-order chi connectivity index (χ0) is 14.5. The van der Waals surface area contributed by atoms with Gasteiger partial charge in [0.25, 0.3) is 0 Å². The van der Waals surface area contributed by atoms with E-state index in [4.69, 9.17) is 4.74 Å². The molecule has 1 heterocycles. The Bertz CT molecular complexity index is 423. The summed E-state index contributed by atoms with van der Waals surface area (Å²) in [6.07, 6.45) is 3.98. The lowest BCUT2D eigenvalue weighted by Crippen LogP contribution is -2.33. The van der Waals surface area contributed by atoms with Crippen LogP contribution in [-0.2, 0) is 6.54 Å². The van der Waals surface area contributed by atoms with Gasteiger partial charge in [0, 0.05) is 31.9 Å². The molecule has 2 unspecified atom stereocenters. The van der Waals surface area contributed by atoms with Crippen molar-refractivity contribution in [3.8, 4) is 5.88 Å². The Hall–Kier alpha value is -0.460. The molecule has 0 aromatic carbocycles. The number of anilines is 1. The quantitative estimate of drug-likeness (QED) is 0.837. The van der Waals surface area contributed by atoms with Crippen LogP contribution in [0.3, 0.4) is 0 Å². The molecule has 2 rings (SSSR count). The second-order valence-corrected chi connectivity index (χ2v) is 7.81. The first kappa shape index (κ1) is 15.9. The highest BCUT2D eigenvalue weighted by molar-refractivity contribution is 7.99. The SMILES string of the molecule is CCSC1CCCC1NCc1sc(N(C)C)nc1OC. The smallest absolute Gasteiger partial charge is 0.230 e. The lowest BCUT2D eigenvalue weighted by molar-refractivity contribution is 0.393. The fourth-order valence-electron chi connectivity index (χ4n) is 2.59. The number of nitrogens with one attached hydrogen (secondary N) is 1. The maximum Gasteiger partial charge on any atom is 0.230 e. The zero-order valence-corrected chi connectivity index (χ0v) is 14.4. The average Bonchev–Trinajstić information content (AvgIpc) is 3.03. The fourth-order valence-corrected chi connectivity index (χ4v) is 4.71. The van der Waals surface area contributed by atoms with Crippen molar-refractivity contribution >= 4 is 28.2 Å². The molecule has 1 saturated carbocycles. The van der Waals surface area contributed by atoms with Crippen molar-refractivity contribution < 1.29 is 4.74 Å². The summed E-state index contributed by atoms with van der Waals surface area (Å²) in [4.78, 5) is 7.73. The van der Waals surface area contributed by atoms with Crippen molar-refractivity contribution in [3.63, 3.8) is 0 Å². The first-order valence-corrected chi connectivity index (χ1v) is 9.08. The third kappa shape index (κ3) is 3.80. The van der Waals surface area contributed by atoms with Crippen LogP contribution in [0.2, 0.25) is 0 Å². The maximum absolute atomic E-state index is 5.39. The highest BCUT2D eigenvalue weighted by Crippen LogP contribution is 2.33. The number of rotatable bonds is 7. The number of hydrogen-bond donors (Lipinski definition) is 1. The minimum atomic E-state index is 0.634. The number of thiazole rings is 1. The topological polar surface area (TPSA) is 37.4 Å². The van der Waals surface area contributed by atoms with Gasteiger partial charge in [0.05, 0.1) is 12.0 Å². The average molecular weight is 316 g/mol. The Morgan fingerprint density at radius 3 is 2.90 bits per heavy atom. The van der Waals surface area contributed by atoms with Crippen LogP contribution in [0.4, 0.5) is 5.13 Å². The molecule has 1 fully saturated rings. The second kappa shape index (κ2) is 7.52. The molecular formula is C14H25N3OS2. The Balaban J connectivity index is 1.96. The van der Waals surface area contributed by atoms with E-state index in [1.165, 1.54) is 29.9 Å². The van der Waals surface area contributed by atoms with E-state index in [-0.39, 0.29) is 0 Å². The number of nitrogens with zero attached hydrogens (tertiary/aromatic N) is 2. The minimum absolute atomic E-state index is 0.634. The first-order chi connectivity index (χ1) is 9.65. The number of thioether (sulfide) groups is 1. The summed E-state index contributed by atoms with van der Waals surface area (Å²) in [7, 11) is 5.73. The largest absolute Gasteiger partial charge is 0.480 e. The Morgan fingerprint density at radius 1 is 1.45 bits per heavy atom. The first-order valence-electron chi connectivity index (χ1n) is 7.21. The molecule has 114 valence electrons. The van der Waals surface area contributed by atoms with Gasteiger partial charge in [-0.1, -0.05) is 24.7 Å².